The van der Waals surface area contributed by atoms with Gasteiger partial charge in [-0.05, 0) is 34.6 Å². The largest absolute Gasteiger partial charge is 0.372 e. The minimum Gasteiger partial charge on any atom is -0.372 e. The maximum absolute atomic E-state index is 5.84. The van der Waals surface area contributed by atoms with Gasteiger partial charge in [-0.1, -0.05) is 60.7 Å². The fraction of sp³-hybridized carbons (Fsp3) is 0.261. The lowest BCUT2D eigenvalue weighted by atomic mass is 10.1. The van der Waals surface area contributed by atoms with E-state index in [0.717, 1.165) is 25.5 Å². The molecule has 3 aromatic rings. The van der Waals surface area contributed by atoms with Crippen molar-refractivity contribution in [2.24, 2.45) is 4.99 Å². The number of hydrogen-bond acceptors (Lipinski definition) is 3. The Hall–Kier alpha value is -2.63. The van der Waals surface area contributed by atoms with Crippen LogP contribution >= 0.6 is 11.3 Å². The van der Waals surface area contributed by atoms with Crippen molar-refractivity contribution in [2.75, 3.05) is 13.6 Å². The maximum Gasteiger partial charge on any atom is 0.191 e. The normalized spacial score (nSPS) is 11.4. The fourth-order valence-corrected chi connectivity index (χ4v) is 3.56. The van der Waals surface area contributed by atoms with Crippen molar-refractivity contribution in [2.45, 2.75) is 26.2 Å². The molecule has 0 unspecified atom stereocenters. The number of nitrogens with zero attached hydrogens (tertiary/aromatic N) is 1. The van der Waals surface area contributed by atoms with Crippen molar-refractivity contribution in [1.29, 1.82) is 0 Å². The first-order valence-electron chi connectivity index (χ1n) is 9.50. The number of nitrogens with one attached hydrogen (secondary N) is 2. The molecule has 1 heterocycles. The second kappa shape index (κ2) is 11.3. The Balaban J connectivity index is 1.41. The van der Waals surface area contributed by atoms with E-state index in [4.69, 9.17) is 4.74 Å². The molecule has 0 saturated heterocycles. The van der Waals surface area contributed by atoms with Crippen molar-refractivity contribution in [3.63, 3.8) is 0 Å². The van der Waals surface area contributed by atoms with Crippen molar-refractivity contribution >= 4 is 17.3 Å². The zero-order valence-electron chi connectivity index (χ0n) is 16.2. The summed E-state index contributed by atoms with van der Waals surface area (Å²) >= 11 is 1.79. The van der Waals surface area contributed by atoms with E-state index in [1.165, 1.54) is 21.6 Å². The van der Waals surface area contributed by atoms with Gasteiger partial charge >= 0.3 is 0 Å². The average molecular weight is 394 g/mol. The molecule has 0 aliphatic rings. The Morgan fingerprint density at radius 2 is 1.68 bits per heavy atom. The second-order valence-electron chi connectivity index (χ2n) is 6.48. The van der Waals surface area contributed by atoms with Crippen LogP contribution in [-0.4, -0.2) is 19.6 Å². The average Bonchev–Trinajstić information content (AvgIpc) is 3.25. The molecule has 0 spiro atoms. The van der Waals surface area contributed by atoms with Crippen LogP contribution in [0.2, 0.25) is 0 Å². The number of benzene rings is 2. The van der Waals surface area contributed by atoms with E-state index < -0.39 is 0 Å². The molecule has 0 aliphatic carbocycles. The number of thiophene rings is 1. The molecule has 0 aliphatic heterocycles. The molecular weight excluding hydrogens is 366 g/mol. The highest BCUT2D eigenvalue weighted by Crippen LogP contribution is 2.09. The summed E-state index contributed by atoms with van der Waals surface area (Å²) in [6, 6.07) is 23.0. The van der Waals surface area contributed by atoms with Gasteiger partial charge in [0.25, 0.3) is 0 Å². The number of rotatable bonds is 9. The Labute approximate surface area is 171 Å². The predicted octanol–water partition coefficient (Wildman–Crippen LogP) is 4.37. The quantitative estimate of drug-likeness (QED) is 0.419. The van der Waals surface area contributed by atoms with E-state index in [-0.39, 0.29) is 0 Å². The van der Waals surface area contributed by atoms with Gasteiger partial charge in [-0.25, -0.2) is 0 Å². The smallest absolute Gasteiger partial charge is 0.191 e. The highest BCUT2D eigenvalue weighted by molar-refractivity contribution is 7.09. The zero-order valence-corrected chi connectivity index (χ0v) is 17.0. The van der Waals surface area contributed by atoms with Crippen molar-refractivity contribution in [1.82, 2.24) is 10.6 Å². The molecule has 2 aromatic carbocycles. The maximum atomic E-state index is 5.84. The lowest BCUT2D eigenvalue weighted by molar-refractivity contribution is 0.107. The van der Waals surface area contributed by atoms with Crippen LogP contribution in [0.4, 0.5) is 0 Å². The SMILES string of the molecule is CN=C(NCCc1cccs1)NCc1cccc(COCc2ccccc2)c1. The molecule has 0 bridgehead atoms. The summed E-state index contributed by atoms with van der Waals surface area (Å²) in [6.07, 6.45) is 1.01. The van der Waals surface area contributed by atoms with Crippen LogP contribution in [0.3, 0.4) is 0 Å². The topological polar surface area (TPSA) is 45.7 Å². The van der Waals surface area contributed by atoms with Gasteiger partial charge in [-0.3, -0.25) is 4.99 Å². The van der Waals surface area contributed by atoms with Gasteiger partial charge in [0.2, 0.25) is 0 Å². The Bertz CT molecular complexity index is 847. The molecular formula is C23H27N3OS. The first-order chi connectivity index (χ1) is 13.8. The van der Waals surface area contributed by atoms with Crippen LogP contribution in [0.5, 0.6) is 0 Å². The van der Waals surface area contributed by atoms with Crippen LogP contribution in [0.25, 0.3) is 0 Å². The third-order valence-electron chi connectivity index (χ3n) is 4.30. The summed E-state index contributed by atoms with van der Waals surface area (Å²) in [5, 5.41) is 8.85. The van der Waals surface area contributed by atoms with E-state index in [1.54, 1.807) is 18.4 Å². The summed E-state index contributed by atoms with van der Waals surface area (Å²) in [6.45, 7) is 2.83. The van der Waals surface area contributed by atoms with E-state index in [2.05, 4.69) is 69.5 Å². The summed E-state index contributed by atoms with van der Waals surface area (Å²) < 4.78 is 5.84. The summed E-state index contributed by atoms with van der Waals surface area (Å²) in [5.74, 6) is 0.822. The molecule has 0 fully saturated rings. The Morgan fingerprint density at radius 3 is 2.46 bits per heavy atom. The highest BCUT2D eigenvalue weighted by atomic mass is 32.1. The highest BCUT2D eigenvalue weighted by Gasteiger charge is 2.01. The van der Waals surface area contributed by atoms with Gasteiger partial charge in [0.05, 0.1) is 13.2 Å². The molecule has 3 rings (SSSR count). The van der Waals surface area contributed by atoms with Crippen LogP contribution in [0.15, 0.2) is 77.1 Å². The first kappa shape index (κ1) is 20.1. The molecule has 4 nitrogen and oxygen atoms in total. The number of hydrogen-bond donors (Lipinski definition) is 2. The molecule has 146 valence electrons. The van der Waals surface area contributed by atoms with E-state index >= 15 is 0 Å². The third-order valence-corrected chi connectivity index (χ3v) is 5.24. The van der Waals surface area contributed by atoms with Gasteiger partial charge in [-0.2, -0.15) is 0 Å². The second-order valence-corrected chi connectivity index (χ2v) is 7.51. The summed E-state index contributed by atoms with van der Waals surface area (Å²) in [7, 11) is 1.80. The Morgan fingerprint density at radius 1 is 0.893 bits per heavy atom. The molecule has 0 radical (unpaired) electrons. The molecule has 0 saturated carbocycles. The minimum absolute atomic E-state index is 0.608. The monoisotopic (exact) mass is 393 g/mol. The molecule has 5 heteroatoms. The van der Waals surface area contributed by atoms with E-state index in [0.29, 0.717) is 13.2 Å². The van der Waals surface area contributed by atoms with E-state index in [9.17, 15) is 0 Å². The van der Waals surface area contributed by atoms with Crippen LogP contribution in [0.1, 0.15) is 21.6 Å². The van der Waals surface area contributed by atoms with E-state index in [1.807, 2.05) is 18.2 Å². The molecule has 28 heavy (non-hydrogen) atoms. The summed E-state index contributed by atoms with van der Waals surface area (Å²) in [4.78, 5) is 5.68. The zero-order chi connectivity index (χ0) is 19.4. The van der Waals surface area contributed by atoms with Crippen molar-refractivity contribution in [3.05, 3.63) is 93.7 Å². The molecule has 2 N–H and O–H groups in total. The molecule has 1 aromatic heterocycles. The van der Waals surface area contributed by atoms with Crippen LogP contribution < -0.4 is 10.6 Å². The van der Waals surface area contributed by atoms with Gasteiger partial charge < -0.3 is 15.4 Å². The van der Waals surface area contributed by atoms with Gasteiger partial charge in [0, 0.05) is 25.0 Å². The van der Waals surface area contributed by atoms with Gasteiger partial charge in [0.1, 0.15) is 0 Å². The lowest BCUT2D eigenvalue weighted by Gasteiger charge is -2.12. The summed E-state index contributed by atoms with van der Waals surface area (Å²) in [5.41, 5.74) is 3.58. The molecule has 0 amide bonds. The van der Waals surface area contributed by atoms with Crippen LogP contribution in [-0.2, 0) is 30.9 Å². The number of guanidine groups is 1. The minimum atomic E-state index is 0.608. The fourth-order valence-electron chi connectivity index (χ4n) is 2.86. The number of ether oxygens (including phenoxy) is 1. The first-order valence-corrected chi connectivity index (χ1v) is 10.4. The Kier molecular flexibility index (Phi) is 8.09. The van der Waals surface area contributed by atoms with Crippen LogP contribution in [0, 0.1) is 0 Å². The van der Waals surface area contributed by atoms with Crippen molar-refractivity contribution < 1.29 is 4.74 Å². The number of aliphatic imine (C=N–C) groups is 1. The van der Waals surface area contributed by atoms with Gasteiger partial charge in [0.15, 0.2) is 5.96 Å². The van der Waals surface area contributed by atoms with Gasteiger partial charge in [-0.15, -0.1) is 11.3 Å². The van der Waals surface area contributed by atoms with Crippen molar-refractivity contribution in [3.8, 4) is 0 Å². The standard InChI is InChI=1S/C23H27N3OS/c1-24-23(25-13-12-22-11-6-14-28-22)26-16-20-9-5-10-21(15-20)18-27-17-19-7-3-2-4-8-19/h2-11,14-15H,12-13,16-18H2,1H3,(H2,24,25,26). The lowest BCUT2D eigenvalue weighted by Crippen LogP contribution is -2.37. The third kappa shape index (κ3) is 6.83. The predicted molar refractivity (Wildman–Crippen MR) is 118 cm³/mol. The molecule has 0 atom stereocenters.